The Labute approximate surface area is 241 Å². The van der Waals surface area contributed by atoms with Crippen LogP contribution in [0.5, 0.6) is 11.5 Å². The fourth-order valence-electron chi connectivity index (χ4n) is 5.05. The molecule has 1 aromatic heterocycles. The van der Waals surface area contributed by atoms with Crippen molar-refractivity contribution < 1.29 is 14.3 Å². The quantitative estimate of drug-likeness (QED) is 0.201. The number of amides is 1. The lowest BCUT2D eigenvalue weighted by Gasteiger charge is -2.15. The number of ether oxygens (including phenoxy) is 2. The first kappa shape index (κ1) is 28.1. The van der Waals surface area contributed by atoms with Crippen molar-refractivity contribution in [3.8, 4) is 21.9 Å². The highest BCUT2D eigenvalue weighted by molar-refractivity contribution is 7.22. The van der Waals surface area contributed by atoms with Crippen LogP contribution in [0.4, 0.5) is 0 Å². The van der Waals surface area contributed by atoms with E-state index in [1.165, 1.54) is 57.6 Å². The molecule has 2 heterocycles. The molecule has 1 saturated heterocycles. The lowest BCUT2D eigenvalue weighted by Crippen LogP contribution is -2.38. The molecule has 6 nitrogen and oxygen atoms in total. The van der Waals surface area contributed by atoms with Crippen LogP contribution in [0, 0.1) is 0 Å². The Morgan fingerprint density at radius 2 is 1.62 bits per heavy atom. The third-order valence-corrected chi connectivity index (χ3v) is 8.56. The van der Waals surface area contributed by atoms with E-state index in [0.717, 1.165) is 37.5 Å². The molecule has 0 spiro atoms. The molecule has 7 heteroatoms. The van der Waals surface area contributed by atoms with Crippen LogP contribution in [0.3, 0.4) is 0 Å². The van der Waals surface area contributed by atoms with Gasteiger partial charge >= 0.3 is 0 Å². The Balaban J connectivity index is 1.22. The van der Waals surface area contributed by atoms with Crippen LogP contribution in [0.2, 0.25) is 0 Å². The molecule has 1 aliphatic heterocycles. The highest BCUT2D eigenvalue weighted by atomic mass is 32.1. The molecule has 0 radical (unpaired) electrons. The molecular weight excluding hydrogens is 518 g/mol. The molecule has 3 N–H and O–H groups in total. The second kappa shape index (κ2) is 13.8. The molecule has 1 aliphatic rings. The lowest BCUT2D eigenvalue weighted by atomic mass is 9.99. The van der Waals surface area contributed by atoms with Crippen molar-refractivity contribution in [2.45, 2.75) is 38.6 Å². The SMILES string of the molecule is CC(N)C(=O)NCCCOc1ccc(-c2sc3ccccc3c2Cc2ccc(OCCN3CCCC3)cc2)cc1. The molecule has 0 saturated carbocycles. The first-order valence-electron chi connectivity index (χ1n) is 14.3. The van der Waals surface area contributed by atoms with Crippen LogP contribution in [-0.2, 0) is 11.2 Å². The van der Waals surface area contributed by atoms with Crippen molar-refractivity contribution in [2.24, 2.45) is 5.73 Å². The van der Waals surface area contributed by atoms with Crippen LogP contribution >= 0.6 is 11.3 Å². The van der Waals surface area contributed by atoms with E-state index in [1.807, 2.05) is 23.5 Å². The number of nitrogens with one attached hydrogen (secondary N) is 1. The molecule has 3 aromatic carbocycles. The van der Waals surface area contributed by atoms with E-state index in [2.05, 4.69) is 70.9 Å². The van der Waals surface area contributed by atoms with Crippen LogP contribution in [0.15, 0.2) is 72.8 Å². The number of fused-ring (bicyclic) bond motifs is 1. The average molecular weight is 558 g/mol. The number of nitrogens with two attached hydrogens (primary N) is 1. The number of hydrogen-bond donors (Lipinski definition) is 2. The molecule has 40 heavy (non-hydrogen) atoms. The first-order valence-corrected chi connectivity index (χ1v) is 15.1. The summed E-state index contributed by atoms with van der Waals surface area (Å²) in [5.74, 6) is 1.62. The van der Waals surface area contributed by atoms with Gasteiger partial charge in [0.1, 0.15) is 18.1 Å². The molecular formula is C33H39N3O3S. The summed E-state index contributed by atoms with van der Waals surface area (Å²) >= 11 is 1.84. The van der Waals surface area contributed by atoms with Gasteiger partial charge in [0.15, 0.2) is 0 Å². The molecule has 5 rings (SSSR count). The van der Waals surface area contributed by atoms with E-state index < -0.39 is 6.04 Å². The topological polar surface area (TPSA) is 76.8 Å². The van der Waals surface area contributed by atoms with Crippen molar-refractivity contribution >= 4 is 27.3 Å². The minimum absolute atomic E-state index is 0.138. The number of rotatable bonds is 13. The van der Waals surface area contributed by atoms with Crippen molar-refractivity contribution in [2.75, 3.05) is 39.4 Å². The number of thiophene rings is 1. The van der Waals surface area contributed by atoms with Crippen molar-refractivity contribution in [3.63, 3.8) is 0 Å². The lowest BCUT2D eigenvalue weighted by molar-refractivity contribution is -0.121. The Bertz CT molecular complexity index is 1380. The van der Waals surface area contributed by atoms with Gasteiger partial charge in [0, 0.05) is 22.7 Å². The van der Waals surface area contributed by atoms with E-state index >= 15 is 0 Å². The summed E-state index contributed by atoms with van der Waals surface area (Å²) in [7, 11) is 0. The summed E-state index contributed by atoms with van der Waals surface area (Å²) in [4.78, 5) is 15.3. The van der Waals surface area contributed by atoms with Crippen molar-refractivity contribution in [3.05, 3.63) is 83.9 Å². The number of likely N-dealkylation sites (tertiary alicyclic amines) is 1. The monoisotopic (exact) mass is 557 g/mol. The fraction of sp³-hybridized carbons (Fsp3) is 0.364. The highest BCUT2D eigenvalue weighted by Crippen LogP contribution is 2.40. The predicted octanol–water partition coefficient (Wildman–Crippen LogP) is 5.87. The maximum absolute atomic E-state index is 11.6. The van der Waals surface area contributed by atoms with Crippen LogP contribution in [0.25, 0.3) is 20.5 Å². The van der Waals surface area contributed by atoms with Gasteiger partial charge in [-0.2, -0.15) is 0 Å². The van der Waals surface area contributed by atoms with Crippen LogP contribution in [-0.4, -0.2) is 56.2 Å². The Morgan fingerprint density at radius 3 is 2.35 bits per heavy atom. The largest absolute Gasteiger partial charge is 0.494 e. The summed E-state index contributed by atoms with van der Waals surface area (Å²) in [5.41, 5.74) is 9.38. The molecule has 1 unspecified atom stereocenters. The van der Waals surface area contributed by atoms with Gasteiger partial charge in [-0.05, 0) is 110 Å². The smallest absolute Gasteiger partial charge is 0.236 e. The molecule has 1 atom stereocenters. The van der Waals surface area contributed by atoms with Gasteiger partial charge in [0.25, 0.3) is 0 Å². The maximum Gasteiger partial charge on any atom is 0.236 e. The van der Waals surface area contributed by atoms with Crippen molar-refractivity contribution in [1.29, 1.82) is 0 Å². The van der Waals surface area contributed by atoms with E-state index in [-0.39, 0.29) is 5.91 Å². The third kappa shape index (κ3) is 7.42. The van der Waals surface area contributed by atoms with Crippen molar-refractivity contribution in [1.82, 2.24) is 10.2 Å². The molecule has 1 amide bonds. The zero-order chi connectivity index (χ0) is 27.7. The van der Waals surface area contributed by atoms with Gasteiger partial charge in [-0.1, -0.05) is 30.3 Å². The van der Waals surface area contributed by atoms with Crippen LogP contribution < -0.4 is 20.5 Å². The standard InChI is InChI=1S/C33H39N3O3S/c1-24(34)33(37)35-17-6-21-38-28-15-11-26(12-16-28)32-30(29-7-2-3-8-31(29)40-32)23-25-9-13-27(14-10-25)39-22-20-36-18-4-5-19-36/h2-3,7-16,24H,4-6,17-23,34H2,1H3,(H,35,37). The summed E-state index contributed by atoms with van der Waals surface area (Å²) in [6.45, 7) is 6.90. The van der Waals surface area contributed by atoms with E-state index in [4.69, 9.17) is 15.2 Å². The van der Waals surface area contributed by atoms with E-state index in [9.17, 15) is 4.79 Å². The van der Waals surface area contributed by atoms with Gasteiger partial charge in [-0.15, -0.1) is 11.3 Å². The van der Waals surface area contributed by atoms with Gasteiger partial charge in [-0.3, -0.25) is 9.69 Å². The number of carbonyl (C=O) groups is 1. The number of carbonyl (C=O) groups excluding carboxylic acids is 1. The Morgan fingerprint density at radius 1 is 0.950 bits per heavy atom. The summed E-state index contributed by atoms with van der Waals surface area (Å²) in [6.07, 6.45) is 4.20. The molecule has 1 fully saturated rings. The van der Waals surface area contributed by atoms with Gasteiger partial charge in [0.05, 0.1) is 12.6 Å². The Kier molecular flexibility index (Phi) is 9.71. The zero-order valence-corrected chi connectivity index (χ0v) is 24.1. The maximum atomic E-state index is 11.6. The molecule has 0 bridgehead atoms. The minimum atomic E-state index is -0.491. The van der Waals surface area contributed by atoms with E-state index in [1.54, 1.807) is 6.92 Å². The van der Waals surface area contributed by atoms with Crippen LogP contribution in [0.1, 0.15) is 37.3 Å². The molecule has 4 aromatic rings. The summed E-state index contributed by atoms with van der Waals surface area (Å²) in [5, 5.41) is 4.12. The number of nitrogens with zero attached hydrogens (tertiary/aromatic N) is 1. The normalized spacial score (nSPS) is 14.3. The molecule has 0 aliphatic carbocycles. The second-order valence-corrected chi connectivity index (χ2v) is 11.5. The van der Waals surface area contributed by atoms with Gasteiger partial charge in [0.2, 0.25) is 5.91 Å². The minimum Gasteiger partial charge on any atom is -0.494 e. The number of hydrogen-bond acceptors (Lipinski definition) is 6. The summed E-state index contributed by atoms with van der Waals surface area (Å²) < 4.78 is 13.2. The zero-order valence-electron chi connectivity index (χ0n) is 23.2. The third-order valence-electron chi connectivity index (χ3n) is 7.30. The first-order chi connectivity index (χ1) is 19.6. The van der Waals surface area contributed by atoms with Gasteiger partial charge < -0.3 is 20.5 Å². The fourth-order valence-corrected chi connectivity index (χ4v) is 6.28. The van der Waals surface area contributed by atoms with Gasteiger partial charge in [-0.25, -0.2) is 0 Å². The van der Waals surface area contributed by atoms with E-state index in [0.29, 0.717) is 13.2 Å². The Hall–Kier alpha value is -3.39. The average Bonchev–Trinajstić information content (AvgIpc) is 3.62. The summed E-state index contributed by atoms with van der Waals surface area (Å²) in [6, 6.07) is 25.1. The highest BCUT2D eigenvalue weighted by Gasteiger charge is 2.15. The second-order valence-electron chi connectivity index (χ2n) is 10.4. The molecule has 210 valence electrons. The number of benzene rings is 3. The predicted molar refractivity (Wildman–Crippen MR) is 164 cm³/mol.